The molecular formula is C18H25N3O3. The van der Waals surface area contributed by atoms with E-state index in [4.69, 9.17) is 9.26 Å². The molecule has 0 radical (unpaired) electrons. The van der Waals surface area contributed by atoms with Crippen molar-refractivity contribution < 1.29 is 14.1 Å². The molecule has 1 heterocycles. The number of amides is 1. The Balaban J connectivity index is 1.73. The summed E-state index contributed by atoms with van der Waals surface area (Å²) in [5.41, 5.74) is 2.16. The first-order valence-electron chi connectivity index (χ1n) is 8.05. The van der Waals surface area contributed by atoms with E-state index in [1.165, 1.54) is 5.56 Å². The summed E-state index contributed by atoms with van der Waals surface area (Å²) in [5.74, 6) is 1.71. The fraction of sp³-hybridized carbons (Fsp3) is 0.500. The first-order valence-corrected chi connectivity index (χ1v) is 8.05. The number of ether oxygens (including phenoxy) is 1. The van der Waals surface area contributed by atoms with Crippen molar-refractivity contribution in [3.63, 3.8) is 0 Å². The van der Waals surface area contributed by atoms with Gasteiger partial charge < -0.3 is 14.6 Å². The number of carbonyl (C=O) groups is 1. The van der Waals surface area contributed by atoms with Crippen molar-refractivity contribution >= 4 is 5.91 Å². The van der Waals surface area contributed by atoms with Crippen molar-refractivity contribution in [2.75, 3.05) is 13.2 Å². The SMILES string of the molecule is Cc1ccc(OCC(=O)NCCc2noc(C(C)(C)C)n2)cc1C. The van der Waals surface area contributed by atoms with Crippen LogP contribution in [0.25, 0.3) is 0 Å². The molecule has 0 atom stereocenters. The standard InChI is InChI=1S/C18H25N3O3/c1-12-6-7-14(10-13(12)2)23-11-16(22)19-9-8-15-20-17(24-21-15)18(3,4)5/h6-7,10H,8-9,11H2,1-5H3,(H,19,22). The molecule has 0 aliphatic rings. The van der Waals surface area contributed by atoms with E-state index in [9.17, 15) is 4.79 Å². The molecule has 0 fully saturated rings. The predicted octanol–water partition coefficient (Wildman–Crippen LogP) is 2.72. The van der Waals surface area contributed by atoms with Gasteiger partial charge in [-0.25, -0.2) is 0 Å². The lowest BCUT2D eigenvalue weighted by molar-refractivity contribution is -0.123. The van der Waals surface area contributed by atoms with Gasteiger partial charge in [0.15, 0.2) is 12.4 Å². The maximum Gasteiger partial charge on any atom is 0.257 e. The molecule has 1 N–H and O–H groups in total. The summed E-state index contributed by atoms with van der Waals surface area (Å²) in [6, 6.07) is 5.77. The van der Waals surface area contributed by atoms with Gasteiger partial charge in [0.1, 0.15) is 5.75 Å². The molecule has 1 amide bonds. The van der Waals surface area contributed by atoms with E-state index in [2.05, 4.69) is 15.5 Å². The highest BCUT2D eigenvalue weighted by Crippen LogP contribution is 2.19. The van der Waals surface area contributed by atoms with E-state index >= 15 is 0 Å². The van der Waals surface area contributed by atoms with Crippen LogP contribution in [0, 0.1) is 13.8 Å². The Morgan fingerprint density at radius 3 is 2.62 bits per heavy atom. The van der Waals surface area contributed by atoms with Crippen LogP contribution in [-0.2, 0) is 16.6 Å². The Kier molecular flexibility index (Phi) is 5.59. The molecule has 1 aromatic heterocycles. The first kappa shape index (κ1) is 18.0. The second kappa shape index (κ2) is 7.47. The van der Waals surface area contributed by atoms with Gasteiger partial charge in [0.05, 0.1) is 0 Å². The zero-order valence-corrected chi connectivity index (χ0v) is 15.0. The summed E-state index contributed by atoms with van der Waals surface area (Å²) in [7, 11) is 0. The van der Waals surface area contributed by atoms with Crippen molar-refractivity contribution in [1.29, 1.82) is 0 Å². The second-order valence-electron chi connectivity index (χ2n) is 6.90. The number of rotatable bonds is 6. The lowest BCUT2D eigenvalue weighted by atomic mass is 9.97. The molecule has 0 saturated carbocycles. The Labute approximate surface area is 142 Å². The number of nitrogens with zero attached hydrogens (tertiary/aromatic N) is 2. The third kappa shape index (κ3) is 5.08. The second-order valence-corrected chi connectivity index (χ2v) is 6.90. The van der Waals surface area contributed by atoms with Crippen LogP contribution in [0.3, 0.4) is 0 Å². The monoisotopic (exact) mass is 331 g/mol. The number of hydrogen-bond acceptors (Lipinski definition) is 5. The van der Waals surface area contributed by atoms with Gasteiger partial charge in [0, 0.05) is 18.4 Å². The zero-order chi connectivity index (χ0) is 17.7. The van der Waals surface area contributed by atoms with E-state index in [1.54, 1.807) is 0 Å². The molecule has 130 valence electrons. The van der Waals surface area contributed by atoms with Crippen molar-refractivity contribution in [3.8, 4) is 5.75 Å². The van der Waals surface area contributed by atoms with Crippen molar-refractivity contribution in [2.24, 2.45) is 0 Å². The van der Waals surface area contributed by atoms with Crippen molar-refractivity contribution in [1.82, 2.24) is 15.5 Å². The molecule has 1 aromatic carbocycles. The van der Waals surface area contributed by atoms with Crippen LogP contribution in [0.15, 0.2) is 22.7 Å². The number of aromatic nitrogens is 2. The molecule has 0 bridgehead atoms. The third-order valence-electron chi connectivity index (χ3n) is 3.63. The highest BCUT2D eigenvalue weighted by atomic mass is 16.5. The highest BCUT2D eigenvalue weighted by Gasteiger charge is 2.21. The minimum atomic E-state index is -0.173. The van der Waals surface area contributed by atoms with Gasteiger partial charge in [-0.05, 0) is 37.1 Å². The van der Waals surface area contributed by atoms with Gasteiger partial charge in [-0.3, -0.25) is 4.79 Å². The van der Waals surface area contributed by atoms with E-state index in [-0.39, 0.29) is 17.9 Å². The van der Waals surface area contributed by atoms with E-state index in [0.717, 1.165) is 5.56 Å². The minimum absolute atomic E-state index is 0.0119. The Hall–Kier alpha value is -2.37. The van der Waals surface area contributed by atoms with Crippen LogP contribution in [0.1, 0.15) is 43.6 Å². The fourth-order valence-electron chi connectivity index (χ4n) is 1.98. The third-order valence-corrected chi connectivity index (χ3v) is 3.63. The van der Waals surface area contributed by atoms with Crippen LogP contribution >= 0.6 is 0 Å². The molecule has 6 nitrogen and oxygen atoms in total. The van der Waals surface area contributed by atoms with Crippen LogP contribution in [0.2, 0.25) is 0 Å². The van der Waals surface area contributed by atoms with Crippen LogP contribution in [-0.4, -0.2) is 29.2 Å². The summed E-state index contributed by atoms with van der Waals surface area (Å²) in [4.78, 5) is 16.2. The molecule has 2 rings (SSSR count). The smallest absolute Gasteiger partial charge is 0.257 e. The first-order chi connectivity index (χ1) is 11.3. The fourth-order valence-corrected chi connectivity index (χ4v) is 1.98. The van der Waals surface area contributed by atoms with Gasteiger partial charge in [-0.15, -0.1) is 0 Å². The van der Waals surface area contributed by atoms with Crippen LogP contribution in [0.5, 0.6) is 5.75 Å². The zero-order valence-electron chi connectivity index (χ0n) is 15.0. The number of nitrogens with one attached hydrogen (secondary N) is 1. The van der Waals surface area contributed by atoms with Crippen molar-refractivity contribution in [2.45, 2.75) is 46.5 Å². The minimum Gasteiger partial charge on any atom is -0.484 e. The van der Waals surface area contributed by atoms with Gasteiger partial charge >= 0.3 is 0 Å². The summed E-state index contributed by atoms with van der Waals surface area (Å²) < 4.78 is 10.7. The number of hydrogen-bond donors (Lipinski definition) is 1. The van der Waals surface area contributed by atoms with E-state index in [1.807, 2.05) is 52.8 Å². The Morgan fingerprint density at radius 2 is 2.00 bits per heavy atom. The quantitative estimate of drug-likeness (QED) is 0.880. The molecule has 0 saturated heterocycles. The van der Waals surface area contributed by atoms with Gasteiger partial charge in [-0.2, -0.15) is 4.98 Å². The van der Waals surface area contributed by atoms with E-state index in [0.29, 0.717) is 30.4 Å². The Morgan fingerprint density at radius 1 is 1.25 bits per heavy atom. The van der Waals surface area contributed by atoms with Gasteiger partial charge in [-0.1, -0.05) is 32.0 Å². The number of aryl methyl sites for hydroxylation is 2. The Bertz CT molecular complexity index is 702. The average Bonchev–Trinajstić information content (AvgIpc) is 2.97. The van der Waals surface area contributed by atoms with E-state index < -0.39 is 0 Å². The topological polar surface area (TPSA) is 77.2 Å². The lowest BCUT2D eigenvalue weighted by Gasteiger charge is -2.10. The molecule has 0 aliphatic carbocycles. The maximum atomic E-state index is 11.8. The number of carbonyl (C=O) groups excluding carboxylic acids is 1. The molecule has 24 heavy (non-hydrogen) atoms. The van der Waals surface area contributed by atoms with Crippen LogP contribution < -0.4 is 10.1 Å². The molecule has 0 aliphatic heterocycles. The average molecular weight is 331 g/mol. The predicted molar refractivity (Wildman–Crippen MR) is 91.1 cm³/mol. The van der Waals surface area contributed by atoms with Crippen LogP contribution in [0.4, 0.5) is 0 Å². The molecule has 0 unspecified atom stereocenters. The molecular weight excluding hydrogens is 306 g/mol. The van der Waals surface area contributed by atoms with Gasteiger partial charge in [0.25, 0.3) is 5.91 Å². The molecule has 6 heteroatoms. The lowest BCUT2D eigenvalue weighted by Crippen LogP contribution is -2.30. The summed E-state index contributed by atoms with van der Waals surface area (Å²) in [5, 5.41) is 6.71. The van der Waals surface area contributed by atoms with Crippen molar-refractivity contribution in [3.05, 3.63) is 41.0 Å². The summed E-state index contributed by atoms with van der Waals surface area (Å²) in [6.07, 6.45) is 0.523. The summed E-state index contributed by atoms with van der Waals surface area (Å²) >= 11 is 0. The highest BCUT2D eigenvalue weighted by molar-refractivity contribution is 5.77. The summed E-state index contributed by atoms with van der Waals surface area (Å²) in [6.45, 7) is 10.5. The normalized spacial score (nSPS) is 11.4. The number of benzene rings is 1. The van der Waals surface area contributed by atoms with Gasteiger partial charge in [0.2, 0.25) is 5.89 Å². The maximum absolute atomic E-state index is 11.8. The molecule has 0 spiro atoms. The molecule has 2 aromatic rings. The largest absolute Gasteiger partial charge is 0.484 e.